The van der Waals surface area contributed by atoms with Gasteiger partial charge >= 0.3 is 12.0 Å². The van der Waals surface area contributed by atoms with E-state index in [4.69, 9.17) is 4.74 Å². The number of nitrogens with zero attached hydrogens (tertiary/aromatic N) is 1. The molecule has 0 saturated heterocycles. The largest absolute Gasteiger partial charge is 0.466 e. The number of hydrogen-bond donors (Lipinski definition) is 2. The van der Waals surface area contributed by atoms with Gasteiger partial charge in [0, 0.05) is 12.2 Å². The summed E-state index contributed by atoms with van der Waals surface area (Å²) in [6.07, 6.45) is 0. The van der Waals surface area contributed by atoms with Crippen LogP contribution in [0.3, 0.4) is 0 Å². The quantitative estimate of drug-likeness (QED) is 0.783. The van der Waals surface area contributed by atoms with E-state index in [2.05, 4.69) is 15.5 Å². The molecule has 2 amide bonds. The third kappa shape index (κ3) is 3.94. The topological polar surface area (TPSA) is 70.7 Å². The van der Waals surface area contributed by atoms with Crippen molar-refractivity contribution in [3.8, 4) is 0 Å². The summed E-state index contributed by atoms with van der Waals surface area (Å²) in [4.78, 5) is 26.6. The maximum Gasteiger partial charge on any atom is 0.338 e. The first kappa shape index (κ1) is 18.0. The smallest absolute Gasteiger partial charge is 0.338 e. The van der Waals surface area contributed by atoms with E-state index in [0.717, 1.165) is 24.2 Å². The molecule has 6 heteroatoms. The third-order valence-electron chi connectivity index (χ3n) is 4.25. The molecule has 0 radical (unpaired) electrons. The number of benzene rings is 1. The number of hydrogen-bond acceptors (Lipinski definition) is 4. The first-order chi connectivity index (χ1) is 11.5. The maximum atomic E-state index is 12.4. The number of ether oxygens (including phenoxy) is 1. The van der Waals surface area contributed by atoms with Crippen molar-refractivity contribution in [2.45, 2.75) is 26.8 Å². The highest BCUT2D eigenvalue weighted by Gasteiger charge is 2.33. The van der Waals surface area contributed by atoms with E-state index in [0.29, 0.717) is 17.8 Å². The molecule has 1 aliphatic rings. The molecule has 1 aliphatic heterocycles. The molecule has 1 aromatic rings. The van der Waals surface area contributed by atoms with E-state index in [1.807, 2.05) is 45.0 Å². The van der Waals surface area contributed by atoms with Gasteiger partial charge in [0.05, 0.1) is 18.7 Å². The van der Waals surface area contributed by atoms with E-state index >= 15 is 0 Å². The van der Waals surface area contributed by atoms with Gasteiger partial charge in [0.25, 0.3) is 0 Å². The predicted octanol–water partition coefficient (Wildman–Crippen LogP) is 2.12. The Labute approximate surface area is 142 Å². The van der Waals surface area contributed by atoms with Crippen LogP contribution in [0.15, 0.2) is 35.5 Å². The third-order valence-corrected chi connectivity index (χ3v) is 4.25. The van der Waals surface area contributed by atoms with Gasteiger partial charge in [0.1, 0.15) is 0 Å². The molecule has 2 rings (SSSR count). The molecule has 0 aliphatic carbocycles. The average molecular weight is 331 g/mol. The zero-order chi connectivity index (χ0) is 17.7. The Morgan fingerprint density at radius 3 is 2.38 bits per heavy atom. The molecule has 0 fully saturated rings. The van der Waals surface area contributed by atoms with Gasteiger partial charge in [-0.3, -0.25) is 4.90 Å². The van der Waals surface area contributed by atoms with Crippen molar-refractivity contribution in [1.82, 2.24) is 15.5 Å². The minimum Gasteiger partial charge on any atom is -0.466 e. The van der Waals surface area contributed by atoms with Crippen LogP contribution >= 0.6 is 0 Å². The van der Waals surface area contributed by atoms with Crippen LogP contribution in [-0.4, -0.2) is 43.6 Å². The number of likely N-dealkylation sites (N-methyl/N-ethyl adjacent to an activating group) is 1. The fraction of sp³-hybridized carbons (Fsp3) is 0.444. The number of esters is 1. The van der Waals surface area contributed by atoms with Crippen LogP contribution in [0.25, 0.3) is 0 Å². The molecule has 1 unspecified atom stereocenters. The molecule has 24 heavy (non-hydrogen) atoms. The Morgan fingerprint density at radius 1 is 1.21 bits per heavy atom. The predicted molar refractivity (Wildman–Crippen MR) is 92.4 cm³/mol. The Kier molecular flexibility index (Phi) is 5.98. The summed E-state index contributed by atoms with van der Waals surface area (Å²) in [5.74, 6) is -0.435. The number of urea groups is 1. The molecule has 1 heterocycles. The molecule has 0 aromatic heterocycles. The van der Waals surface area contributed by atoms with Gasteiger partial charge in [-0.15, -0.1) is 0 Å². The van der Waals surface area contributed by atoms with Crippen molar-refractivity contribution in [1.29, 1.82) is 0 Å². The summed E-state index contributed by atoms with van der Waals surface area (Å²) in [5.41, 5.74) is 3.02. The van der Waals surface area contributed by atoms with Crippen molar-refractivity contribution in [2.75, 3.05) is 26.7 Å². The number of aryl methyl sites for hydroxylation is 1. The van der Waals surface area contributed by atoms with Crippen molar-refractivity contribution in [3.05, 3.63) is 46.7 Å². The summed E-state index contributed by atoms with van der Waals surface area (Å²) in [7, 11) is 1.35. The van der Waals surface area contributed by atoms with Gasteiger partial charge < -0.3 is 15.4 Å². The molecular formula is C18H25N3O3. The molecule has 2 N–H and O–H groups in total. The van der Waals surface area contributed by atoms with Gasteiger partial charge in [-0.2, -0.15) is 0 Å². The Bertz CT molecular complexity index is 633. The number of rotatable bonds is 6. The standard InChI is InChI=1S/C18H25N3O3/c1-5-21(6-2)11-14-15(17(22)24-4)16(20-18(23)19-14)13-9-7-12(3)8-10-13/h7-10,16H,5-6,11H2,1-4H3,(H2,19,20,23). The second-order valence-electron chi connectivity index (χ2n) is 5.79. The van der Waals surface area contributed by atoms with Gasteiger partial charge in [-0.25, -0.2) is 9.59 Å². The monoisotopic (exact) mass is 331 g/mol. The fourth-order valence-corrected chi connectivity index (χ4v) is 2.77. The highest BCUT2D eigenvalue weighted by Crippen LogP contribution is 2.28. The van der Waals surface area contributed by atoms with Crippen LogP contribution in [0.2, 0.25) is 0 Å². The first-order valence-corrected chi connectivity index (χ1v) is 8.17. The Morgan fingerprint density at radius 2 is 1.83 bits per heavy atom. The number of carbonyl (C=O) groups is 2. The lowest BCUT2D eigenvalue weighted by atomic mass is 9.94. The lowest BCUT2D eigenvalue weighted by Gasteiger charge is -2.31. The van der Waals surface area contributed by atoms with Gasteiger partial charge in [-0.05, 0) is 25.6 Å². The lowest BCUT2D eigenvalue weighted by Crippen LogP contribution is -2.48. The van der Waals surface area contributed by atoms with Gasteiger partial charge in [-0.1, -0.05) is 43.7 Å². The second kappa shape index (κ2) is 7.97. The van der Waals surface area contributed by atoms with Crippen LogP contribution in [0.1, 0.15) is 31.0 Å². The molecule has 0 bridgehead atoms. The van der Waals surface area contributed by atoms with Crippen LogP contribution in [0.4, 0.5) is 4.79 Å². The van der Waals surface area contributed by atoms with E-state index in [9.17, 15) is 9.59 Å². The SMILES string of the molecule is CCN(CC)CC1=C(C(=O)OC)C(c2ccc(C)cc2)NC(=O)N1. The molecule has 0 saturated carbocycles. The molecule has 1 aromatic carbocycles. The molecule has 0 spiro atoms. The average Bonchev–Trinajstić information content (AvgIpc) is 2.59. The summed E-state index contributed by atoms with van der Waals surface area (Å²) in [6.45, 7) is 8.23. The lowest BCUT2D eigenvalue weighted by molar-refractivity contribution is -0.136. The van der Waals surface area contributed by atoms with Crippen LogP contribution < -0.4 is 10.6 Å². The number of methoxy groups -OCH3 is 1. The van der Waals surface area contributed by atoms with Crippen molar-refractivity contribution in [2.24, 2.45) is 0 Å². The Hall–Kier alpha value is -2.34. The minimum absolute atomic E-state index is 0.310. The summed E-state index contributed by atoms with van der Waals surface area (Å²) in [5, 5.41) is 5.61. The van der Waals surface area contributed by atoms with Crippen LogP contribution in [0.5, 0.6) is 0 Å². The summed E-state index contributed by atoms with van der Waals surface area (Å²) >= 11 is 0. The molecular weight excluding hydrogens is 306 g/mol. The number of amides is 2. The minimum atomic E-state index is -0.516. The van der Waals surface area contributed by atoms with Crippen LogP contribution in [-0.2, 0) is 9.53 Å². The summed E-state index contributed by atoms with van der Waals surface area (Å²) < 4.78 is 4.97. The number of carbonyl (C=O) groups excluding carboxylic acids is 2. The van der Waals surface area contributed by atoms with E-state index in [1.165, 1.54) is 7.11 Å². The van der Waals surface area contributed by atoms with E-state index < -0.39 is 12.0 Å². The van der Waals surface area contributed by atoms with Crippen molar-refractivity contribution in [3.63, 3.8) is 0 Å². The zero-order valence-electron chi connectivity index (χ0n) is 14.7. The molecule has 1 atom stereocenters. The zero-order valence-corrected chi connectivity index (χ0v) is 14.7. The molecule has 130 valence electrons. The van der Waals surface area contributed by atoms with Gasteiger partial charge in [0.2, 0.25) is 0 Å². The highest BCUT2D eigenvalue weighted by atomic mass is 16.5. The van der Waals surface area contributed by atoms with Crippen molar-refractivity contribution >= 4 is 12.0 Å². The van der Waals surface area contributed by atoms with E-state index in [-0.39, 0.29) is 6.03 Å². The summed E-state index contributed by atoms with van der Waals surface area (Å²) in [6, 6.07) is 6.94. The van der Waals surface area contributed by atoms with Gasteiger partial charge in [0.15, 0.2) is 0 Å². The van der Waals surface area contributed by atoms with Crippen molar-refractivity contribution < 1.29 is 14.3 Å². The first-order valence-electron chi connectivity index (χ1n) is 8.17. The normalized spacial score (nSPS) is 17.5. The second-order valence-corrected chi connectivity index (χ2v) is 5.79. The molecule has 6 nitrogen and oxygen atoms in total. The number of nitrogens with one attached hydrogen (secondary N) is 2. The fourth-order valence-electron chi connectivity index (χ4n) is 2.77. The highest BCUT2D eigenvalue weighted by molar-refractivity contribution is 5.95. The Balaban J connectivity index is 2.48. The van der Waals surface area contributed by atoms with Crippen LogP contribution in [0, 0.1) is 6.92 Å². The maximum absolute atomic E-state index is 12.4. The van der Waals surface area contributed by atoms with E-state index in [1.54, 1.807) is 0 Å².